The van der Waals surface area contributed by atoms with Crippen LogP contribution in [0.3, 0.4) is 0 Å². The average Bonchev–Trinajstić information content (AvgIpc) is 2.95. The van der Waals surface area contributed by atoms with E-state index in [1.807, 2.05) is 25.2 Å². The fraction of sp³-hybridized carbons (Fsp3) is 0.333. The van der Waals surface area contributed by atoms with Crippen LogP contribution in [-0.4, -0.2) is 41.2 Å². The van der Waals surface area contributed by atoms with E-state index in [1.54, 1.807) is 5.38 Å². The quantitative estimate of drug-likeness (QED) is 0.911. The van der Waals surface area contributed by atoms with Gasteiger partial charge < -0.3 is 14.6 Å². The van der Waals surface area contributed by atoms with Crippen LogP contribution < -0.4 is 9.47 Å². The van der Waals surface area contributed by atoms with Crippen LogP contribution in [-0.2, 0) is 13.1 Å². The molecule has 1 aliphatic rings. The molecule has 0 bridgehead atoms. The summed E-state index contributed by atoms with van der Waals surface area (Å²) in [6, 6.07) is 5.91. The lowest BCUT2D eigenvalue weighted by atomic mass is 10.2. The topological polar surface area (TPSA) is 71.9 Å². The highest BCUT2D eigenvalue weighted by atomic mass is 32.1. The lowest BCUT2D eigenvalue weighted by molar-refractivity contribution is 0.0691. The lowest BCUT2D eigenvalue weighted by Crippen LogP contribution is -2.18. The third kappa shape index (κ3) is 3.37. The maximum Gasteiger partial charge on any atom is 0.355 e. The van der Waals surface area contributed by atoms with E-state index in [0.717, 1.165) is 28.6 Å². The van der Waals surface area contributed by atoms with Crippen LogP contribution in [0.4, 0.5) is 0 Å². The first-order valence-electron chi connectivity index (χ1n) is 6.86. The van der Waals surface area contributed by atoms with Crippen molar-refractivity contribution in [2.45, 2.75) is 13.1 Å². The van der Waals surface area contributed by atoms with Crippen LogP contribution in [0.1, 0.15) is 21.1 Å². The Morgan fingerprint density at radius 2 is 2.09 bits per heavy atom. The van der Waals surface area contributed by atoms with Crippen LogP contribution in [0.2, 0.25) is 0 Å². The molecular formula is C15H16N2O4S. The highest BCUT2D eigenvalue weighted by Crippen LogP contribution is 2.31. The normalized spacial score (nSPS) is 13.4. The highest BCUT2D eigenvalue weighted by molar-refractivity contribution is 7.09. The van der Waals surface area contributed by atoms with E-state index in [4.69, 9.17) is 14.6 Å². The van der Waals surface area contributed by atoms with Gasteiger partial charge in [0.25, 0.3) is 0 Å². The highest BCUT2D eigenvalue weighted by Gasteiger charge is 2.14. The Labute approximate surface area is 131 Å². The molecule has 0 radical (unpaired) electrons. The Morgan fingerprint density at radius 3 is 2.82 bits per heavy atom. The minimum Gasteiger partial charge on any atom is -0.486 e. The van der Waals surface area contributed by atoms with Crippen molar-refractivity contribution in [3.63, 3.8) is 0 Å². The zero-order valence-corrected chi connectivity index (χ0v) is 12.9. The predicted molar refractivity (Wildman–Crippen MR) is 81.7 cm³/mol. The number of thiazole rings is 1. The van der Waals surface area contributed by atoms with Gasteiger partial charge in [0.15, 0.2) is 17.2 Å². The number of carboxylic acid groups (broad SMARTS) is 1. The van der Waals surface area contributed by atoms with E-state index < -0.39 is 5.97 Å². The second-order valence-corrected chi connectivity index (χ2v) is 6.02. The van der Waals surface area contributed by atoms with E-state index >= 15 is 0 Å². The molecule has 0 fully saturated rings. The molecule has 1 aliphatic heterocycles. The Morgan fingerprint density at radius 1 is 1.32 bits per heavy atom. The van der Waals surface area contributed by atoms with Crippen LogP contribution in [0, 0.1) is 0 Å². The Bertz CT molecular complexity index is 686. The first kappa shape index (κ1) is 14.8. The average molecular weight is 320 g/mol. The van der Waals surface area contributed by atoms with Crippen molar-refractivity contribution in [3.8, 4) is 11.5 Å². The molecule has 116 valence electrons. The Hall–Kier alpha value is -2.12. The molecule has 0 amide bonds. The fourth-order valence-corrected chi connectivity index (χ4v) is 3.11. The van der Waals surface area contributed by atoms with E-state index in [9.17, 15) is 4.79 Å². The molecule has 22 heavy (non-hydrogen) atoms. The Kier molecular flexibility index (Phi) is 4.26. The monoisotopic (exact) mass is 320 g/mol. The second-order valence-electron chi connectivity index (χ2n) is 5.08. The van der Waals surface area contributed by atoms with Gasteiger partial charge in [-0.2, -0.15) is 0 Å². The van der Waals surface area contributed by atoms with Crippen molar-refractivity contribution < 1.29 is 19.4 Å². The summed E-state index contributed by atoms with van der Waals surface area (Å²) in [5.41, 5.74) is 1.22. The lowest BCUT2D eigenvalue weighted by Gasteiger charge is -2.20. The molecule has 2 aromatic rings. The standard InChI is InChI=1S/C15H16N2O4S/c1-17(8-14-16-11(9-22-14)15(18)19)7-10-2-3-12-13(6-10)21-5-4-20-12/h2-3,6,9H,4-5,7-8H2,1H3,(H,18,19). The molecular weight excluding hydrogens is 304 g/mol. The summed E-state index contributed by atoms with van der Waals surface area (Å²) in [5, 5.41) is 11.2. The minimum atomic E-state index is -0.989. The van der Waals surface area contributed by atoms with Gasteiger partial charge in [0.2, 0.25) is 0 Å². The number of carbonyl (C=O) groups is 1. The van der Waals surface area contributed by atoms with Crippen molar-refractivity contribution in [3.05, 3.63) is 39.8 Å². The fourth-order valence-electron chi connectivity index (χ4n) is 2.27. The summed E-state index contributed by atoms with van der Waals surface area (Å²) in [6.45, 7) is 2.48. The first-order chi connectivity index (χ1) is 10.6. The molecule has 0 aliphatic carbocycles. The molecule has 0 saturated heterocycles. The Balaban J connectivity index is 1.63. The predicted octanol–water partition coefficient (Wildman–Crippen LogP) is 2.24. The third-order valence-electron chi connectivity index (χ3n) is 3.24. The van der Waals surface area contributed by atoms with Gasteiger partial charge in [0.1, 0.15) is 18.2 Å². The summed E-state index contributed by atoms with van der Waals surface area (Å²) in [5.74, 6) is 0.570. The number of hydrogen-bond donors (Lipinski definition) is 1. The summed E-state index contributed by atoms with van der Waals surface area (Å²) in [4.78, 5) is 17.0. The van der Waals surface area contributed by atoms with E-state index in [0.29, 0.717) is 19.8 Å². The van der Waals surface area contributed by atoms with Crippen molar-refractivity contribution in [1.29, 1.82) is 0 Å². The maximum absolute atomic E-state index is 10.8. The zero-order valence-electron chi connectivity index (χ0n) is 12.1. The van der Waals surface area contributed by atoms with E-state index in [-0.39, 0.29) is 5.69 Å². The number of aromatic nitrogens is 1. The molecule has 1 aromatic heterocycles. The van der Waals surface area contributed by atoms with Crippen LogP contribution in [0.5, 0.6) is 11.5 Å². The molecule has 1 aromatic carbocycles. The van der Waals surface area contributed by atoms with Crippen LogP contribution in [0.15, 0.2) is 23.6 Å². The van der Waals surface area contributed by atoms with E-state index in [2.05, 4.69) is 9.88 Å². The SMILES string of the molecule is CN(Cc1ccc2c(c1)OCCO2)Cc1nc(C(=O)O)cs1. The molecule has 1 N–H and O–H groups in total. The van der Waals surface area contributed by atoms with Gasteiger partial charge in [-0.05, 0) is 24.7 Å². The van der Waals surface area contributed by atoms with Gasteiger partial charge in [0, 0.05) is 11.9 Å². The number of fused-ring (bicyclic) bond motifs is 1. The first-order valence-corrected chi connectivity index (χ1v) is 7.74. The van der Waals surface area contributed by atoms with Gasteiger partial charge in [0.05, 0.1) is 6.54 Å². The molecule has 0 atom stereocenters. The van der Waals surface area contributed by atoms with E-state index in [1.165, 1.54) is 11.3 Å². The summed E-state index contributed by atoms with van der Waals surface area (Å²) in [7, 11) is 1.97. The van der Waals surface area contributed by atoms with Gasteiger partial charge in [-0.15, -0.1) is 11.3 Å². The molecule has 0 spiro atoms. The zero-order chi connectivity index (χ0) is 15.5. The number of ether oxygens (including phenoxy) is 2. The smallest absolute Gasteiger partial charge is 0.355 e. The van der Waals surface area contributed by atoms with Crippen molar-refractivity contribution in [2.24, 2.45) is 0 Å². The van der Waals surface area contributed by atoms with Crippen LogP contribution >= 0.6 is 11.3 Å². The summed E-state index contributed by atoms with van der Waals surface area (Å²) < 4.78 is 11.1. The maximum atomic E-state index is 10.8. The van der Waals surface area contributed by atoms with Crippen molar-refractivity contribution in [2.75, 3.05) is 20.3 Å². The summed E-state index contributed by atoms with van der Waals surface area (Å²) in [6.07, 6.45) is 0. The van der Waals surface area contributed by atoms with Gasteiger partial charge in [-0.3, -0.25) is 4.90 Å². The van der Waals surface area contributed by atoms with Gasteiger partial charge in [-0.25, -0.2) is 9.78 Å². The van der Waals surface area contributed by atoms with Crippen molar-refractivity contribution >= 4 is 17.3 Å². The number of rotatable bonds is 5. The number of aromatic carboxylic acids is 1. The molecule has 0 unspecified atom stereocenters. The number of benzene rings is 1. The molecule has 2 heterocycles. The molecule has 7 heteroatoms. The largest absolute Gasteiger partial charge is 0.486 e. The number of carboxylic acids is 1. The number of nitrogens with zero attached hydrogens (tertiary/aromatic N) is 2. The van der Waals surface area contributed by atoms with Crippen molar-refractivity contribution in [1.82, 2.24) is 9.88 Å². The second kappa shape index (κ2) is 6.33. The molecule has 3 rings (SSSR count). The van der Waals surface area contributed by atoms with Gasteiger partial charge in [-0.1, -0.05) is 6.07 Å². The van der Waals surface area contributed by atoms with Crippen LogP contribution in [0.25, 0.3) is 0 Å². The summed E-state index contributed by atoms with van der Waals surface area (Å²) >= 11 is 1.36. The number of hydrogen-bond acceptors (Lipinski definition) is 6. The minimum absolute atomic E-state index is 0.104. The molecule has 0 saturated carbocycles. The third-order valence-corrected chi connectivity index (χ3v) is 4.07. The van der Waals surface area contributed by atoms with Gasteiger partial charge >= 0.3 is 5.97 Å². The molecule has 6 nitrogen and oxygen atoms in total.